The molecule has 25 heavy (non-hydrogen) atoms. The summed E-state index contributed by atoms with van der Waals surface area (Å²) in [6, 6.07) is 5.71. The van der Waals surface area contributed by atoms with Crippen molar-refractivity contribution in [3.8, 4) is 5.75 Å². The minimum atomic E-state index is -2.92. The number of carbonyl (C=O) groups is 1. The van der Waals surface area contributed by atoms with Crippen LogP contribution >= 0.6 is 0 Å². The molecule has 1 N–H and O–H groups in total. The summed E-state index contributed by atoms with van der Waals surface area (Å²) >= 11 is 0. The number of nitrogens with zero attached hydrogens (tertiary/aromatic N) is 2. The molecule has 132 valence electrons. The van der Waals surface area contributed by atoms with Gasteiger partial charge in [0.15, 0.2) is 0 Å². The molecule has 1 aromatic heterocycles. The van der Waals surface area contributed by atoms with Gasteiger partial charge in [-0.15, -0.1) is 0 Å². The lowest BCUT2D eigenvalue weighted by molar-refractivity contribution is -0.0498. The number of alkyl halides is 2. The third-order valence-electron chi connectivity index (χ3n) is 4.14. The molecule has 0 radical (unpaired) electrons. The van der Waals surface area contributed by atoms with Crippen LogP contribution in [0.4, 0.5) is 8.78 Å². The number of nitrogens with one attached hydrogen (secondary N) is 1. The van der Waals surface area contributed by atoms with E-state index < -0.39 is 6.61 Å². The predicted octanol–water partition coefficient (Wildman–Crippen LogP) is 2.85. The van der Waals surface area contributed by atoms with Crippen molar-refractivity contribution in [2.24, 2.45) is 0 Å². The summed E-state index contributed by atoms with van der Waals surface area (Å²) < 4.78 is 28.8. The maximum absolute atomic E-state index is 12.2. The van der Waals surface area contributed by atoms with E-state index in [2.05, 4.69) is 20.0 Å². The zero-order valence-electron chi connectivity index (χ0n) is 13.9. The number of rotatable bonds is 6. The standard InChI is InChI=1S/C18H19F2N3O2/c1-11-14-6-3-7-15(14)23-16(22-11)8-9-21-17(24)12-4-2-5-13(10-12)25-18(19)20/h2,4-5,10,18H,3,6-9H2,1H3,(H,21,24). The molecule has 3 rings (SSSR count). The van der Waals surface area contributed by atoms with Gasteiger partial charge in [0, 0.05) is 29.9 Å². The van der Waals surface area contributed by atoms with E-state index in [0.29, 0.717) is 18.8 Å². The highest BCUT2D eigenvalue weighted by Gasteiger charge is 2.17. The first-order valence-corrected chi connectivity index (χ1v) is 8.21. The van der Waals surface area contributed by atoms with Crippen LogP contribution in [0, 0.1) is 6.92 Å². The van der Waals surface area contributed by atoms with E-state index in [-0.39, 0.29) is 17.2 Å². The zero-order chi connectivity index (χ0) is 17.8. The van der Waals surface area contributed by atoms with Crippen molar-refractivity contribution in [2.75, 3.05) is 6.54 Å². The Morgan fingerprint density at radius 2 is 2.16 bits per heavy atom. The Kier molecular flexibility index (Phi) is 5.21. The molecule has 1 amide bonds. The van der Waals surface area contributed by atoms with Crippen LogP contribution in [0.3, 0.4) is 0 Å². The monoisotopic (exact) mass is 347 g/mol. The summed E-state index contributed by atoms with van der Waals surface area (Å²) in [5.41, 5.74) is 3.65. The average Bonchev–Trinajstić information content (AvgIpc) is 3.03. The predicted molar refractivity (Wildman–Crippen MR) is 87.9 cm³/mol. The second-order valence-electron chi connectivity index (χ2n) is 5.92. The number of carbonyl (C=O) groups excluding carboxylic acids is 1. The van der Waals surface area contributed by atoms with E-state index >= 15 is 0 Å². The number of halogens is 2. The molecule has 1 aromatic carbocycles. The van der Waals surface area contributed by atoms with Crippen LogP contribution < -0.4 is 10.1 Å². The molecule has 2 aromatic rings. The fraction of sp³-hybridized carbons (Fsp3) is 0.389. The Labute approximate surface area is 144 Å². The number of aryl methyl sites for hydroxylation is 2. The summed E-state index contributed by atoms with van der Waals surface area (Å²) in [5.74, 6) is 0.325. The van der Waals surface area contributed by atoms with Crippen LogP contribution in [0.15, 0.2) is 24.3 Å². The minimum absolute atomic E-state index is 0.0415. The highest BCUT2D eigenvalue weighted by molar-refractivity contribution is 5.94. The number of fused-ring (bicyclic) bond motifs is 1. The maximum Gasteiger partial charge on any atom is 0.387 e. The molecule has 1 heterocycles. The summed E-state index contributed by atoms with van der Waals surface area (Å²) in [6.07, 6.45) is 3.65. The molecule has 0 bridgehead atoms. The van der Waals surface area contributed by atoms with E-state index in [9.17, 15) is 13.6 Å². The van der Waals surface area contributed by atoms with Gasteiger partial charge < -0.3 is 10.1 Å². The smallest absolute Gasteiger partial charge is 0.387 e. The van der Waals surface area contributed by atoms with Crippen molar-refractivity contribution in [3.05, 3.63) is 52.6 Å². The molecule has 0 saturated heterocycles. The van der Waals surface area contributed by atoms with Crippen molar-refractivity contribution in [3.63, 3.8) is 0 Å². The normalized spacial score (nSPS) is 13.0. The number of aromatic nitrogens is 2. The van der Waals surface area contributed by atoms with Crippen molar-refractivity contribution >= 4 is 5.91 Å². The summed E-state index contributed by atoms with van der Waals surface area (Å²) in [7, 11) is 0. The lowest BCUT2D eigenvalue weighted by Crippen LogP contribution is -2.26. The third-order valence-corrected chi connectivity index (χ3v) is 4.14. The lowest BCUT2D eigenvalue weighted by Gasteiger charge is -2.09. The maximum atomic E-state index is 12.2. The van der Waals surface area contributed by atoms with Crippen molar-refractivity contribution < 1.29 is 18.3 Å². The number of benzene rings is 1. The van der Waals surface area contributed by atoms with Gasteiger partial charge in [-0.25, -0.2) is 9.97 Å². The molecular weight excluding hydrogens is 328 g/mol. The number of hydrogen-bond acceptors (Lipinski definition) is 4. The molecule has 0 aliphatic heterocycles. The van der Waals surface area contributed by atoms with E-state index in [4.69, 9.17) is 0 Å². The zero-order valence-corrected chi connectivity index (χ0v) is 13.9. The van der Waals surface area contributed by atoms with Crippen LogP contribution in [0.1, 0.15) is 39.6 Å². The fourth-order valence-electron chi connectivity index (χ4n) is 3.00. The van der Waals surface area contributed by atoms with Gasteiger partial charge in [0.25, 0.3) is 5.91 Å². The average molecular weight is 347 g/mol. The van der Waals surface area contributed by atoms with Crippen LogP contribution in [0.2, 0.25) is 0 Å². The molecule has 1 aliphatic carbocycles. The Hall–Kier alpha value is -2.57. The molecule has 1 aliphatic rings. The Morgan fingerprint density at radius 3 is 2.96 bits per heavy atom. The van der Waals surface area contributed by atoms with E-state index in [1.165, 1.54) is 23.8 Å². The molecular formula is C18H19F2N3O2. The van der Waals surface area contributed by atoms with Crippen molar-refractivity contribution in [2.45, 2.75) is 39.2 Å². The second-order valence-corrected chi connectivity index (χ2v) is 5.92. The molecule has 0 atom stereocenters. The topological polar surface area (TPSA) is 64.1 Å². The SMILES string of the molecule is Cc1nc(CCNC(=O)c2cccc(OC(F)F)c2)nc2c1CCC2. The Balaban J connectivity index is 1.57. The van der Waals surface area contributed by atoms with Gasteiger partial charge in [0.1, 0.15) is 11.6 Å². The van der Waals surface area contributed by atoms with Gasteiger partial charge in [-0.2, -0.15) is 8.78 Å². The molecule has 0 spiro atoms. The van der Waals surface area contributed by atoms with Crippen molar-refractivity contribution in [1.29, 1.82) is 0 Å². The van der Waals surface area contributed by atoms with Crippen LogP contribution in [0.5, 0.6) is 5.75 Å². The first kappa shape index (κ1) is 17.3. The van der Waals surface area contributed by atoms with Crippen LogP contribution in [-0.2, 0) is 19.3 Å². The largest absolute Gasteiger partial charge is 0.435 e. The van der Waals surface area contributed by atoms with Gasteiger partial charge in [0.2, 0.25) is 0 Å². The Morgan fingerprint density at radius 1 is 1.32 bits per heavy atom. The Bertz CT molecular complexity index is 781. The number of hydrogen-bond donors (Lipinski definition) is 1. The quantitative estimate of drug-likeness (QED) is 0.873. The minimum Gasteiger partial charge on any atom is -0.435 e. The number of amides is 1. The molecule has 0 fully saturated rings. The van der Waals surface area contributed by atoms with Gasteiger partial charge >= 0.3 is 6.61 Å². The van der Waals surface area contributed by atoms with Crippen LogP contribution in [-0.4, -0.2) is 29.0 Å². The highest BCUT2D eigenvalue weighted by atomic mass is 19.3. The fourth-order valence-corrected chi connectivity index (χ4v) is 3.00. The second kappa shape index (κ2) is 7.55. The summed E-state index contributed by atoms with van der Waals surface area (Å²) in [4.78, 5) is 21.2. The van der Waals surface area contributed by atoms with Gasteiger partial charge in [-0.1, -0.05) is 6.07 Å². The first-order valence-electron chi connectivity index (χ1n) is 8.21. The third kappa shape index (κ3) is 4.29. The van der Waals surface area contributed by atoms with E-state index in [1.807, 2.05) is 6.92 Å². The number of ether oxygens (including phenoxy) is 1. The van der Waals surface area contributed by atoms with Gasteiger partial charge in [-0.05, 0) is 49.9 Å². The lowest BCUT2D eigenvalue weighted by atomic mass is 10.2. The molecule has 0 unspecified atom stereocenters. The van der Waals surface area contributed by atoms with E-state index in [0.717, 1.165) is 30.7 Å². The molecule has 7 heteroatoms. The van der Waals surface area contributed by atoms with Crippen LogP contribution in [0.25, 0.3) is 0 Å². The van der Waals surface area contributed by atoms with E-state index in [1.54, 1.807) is 6.07 Å². The van der Waals surface area contributed by atoms with Gasteiger partial charge in [-0.3, -0.25) is 4.79 Å². The molecule has 5 nitrogen and oxygen atoms in total. The summed E-state index contributed by atoms with van der Waals surface area (Å²) in [6.45, 7) is -0.558. The molecule has 0 saturated carbocycles. The van der Waals surface area contributed by atoms with Crippen molar-refractivity contribution in [1.82, 2.24) is 15.3 Å². The highest BCUT2D eigenvalue weighted by Crippen LogP contribution is 2.22. The van der Waals surface area contributed by atoms with Gasteiger partial charge in [0.05, 0.1) is 0 Å². The first-order chi connectivity index (χ1) is 12.0. The summed E-state index contributed by atoms with van der Waals surface area (Å²) in [5, 5.41) is 2.75.